The van der Waals surface area contributed by atoms with Crippen LogP contribution in [0, 0.1) is 0 Å². The Hall–Kier alpha value is -0.120. The summed E-state index contributed by atoms with van der Waals surface area (Å²) < 4.78 is 5.43. The molecule has 3 nitrogen and oxygen atoms in total. The molecule has 0 radical (unpaired) electrons. The third kappa shape index (κ3) is 4.49. The largest absolute Gasteiger partial charge is 0.380 e. The second-order valence-corrected chi connectivity index (χ2v) is 4.39. The second-order valence-electron chi connectivity index (χ2n) is 4.39. The monoisotopic (exact) mass is 214 g/mol. The minimum atomic E-state index is 0.663. The van der Waals surface area contributed by atoms with Crippen LogP contribution < -0.4 is 5.32 Å². The van der Waals surface area contributed by atoms with Crippen molar-refractivity contribution < 1.29 is 4.74 Å². The van der Waals surface area contributed by atoms with Crippen LogP contribution in [0.4, 0.5) is 0 Å². The van der Waals surface area contributed by atoms with Crippen LogP contribution in [0.1, 0.15) is 33.6 Å². The summed E-state index contributed by atoms with van der Waals surface area (Å²) in [7, 11) is 0. The van der Waals surface area contributed by atoms with Gasteiger partial charge < -0.3 is 10.1 Å². The van der Waals surface area contributed by atoms with Gasteiger partial charge in [0, 0.05) is 31.8 Å². The average molecular weight is 214 g/mol. The van der Waals surface area contributed by atoms with E-state index in [9.17, 15) is 0 Å². The Morgan fingerprint density at radius 1 is 1.40 bits per heavy atom. The van der Waals surface area contributed by atoms with E-state index in [0.29, 0.717) is 12.1 Å². The topological polar surface area (TPSA) is 24.5 Å². The Balaban J connectivity index is 2.35. The summed E-state index contributed by atoms with van der Waals surface area (Å²) in [5.41, 5.74) is 0. The molecule has 1 fully saturated rings. The van der Waals surface area contributed by atoms with E-state index in [1.807, 2.05) is 0 Å². The fourth-order valence-electron chi connectivity index (χ4n) is 2.12. The number of hydrogen-bond acceptors (Lipinski definition) is 3. The molecule has 0 bridgehead atoms. The Labute approximate surface area is 94.2 Å². The quantitative estimate of drug-likeness (QED) is 0.702. The van der Waals surface area contributed by atoms with E-state index in [4.69, 9.17) is 4.74 Å². The van der Waals surface area contributed by atoms with Gasteiger partial charge in [-0.2, -0.15) is 0 Å². The van der Waals surface area contributed by atoms with Crippen LogP contribution in [0.2, 0.25) is 0 Å². The Morgan fingerprint density at radius 3 is 2.87 bits per heavy atom. The summed E-state index contributed by atoms with van der Waals surface area (Å²) in [6.45, 7) is 11.7. The zero-order valence-electron chi connectivity index (χ0n) is 10.5. The lowest BCUT2D eigenvalue weighted by Crippen LogP contribution is -2.41. The lowest BCUT2D eigenvalue weighted by molar-refractivity contribution is 0.0963. The standard InChI is InChI=1S/C12H26N2O/c1-4-12-10-14(8-9-15-5-2)11(3)6-7-13-12/h11-13H,4-10H2,1-3H3. The lowest BCUT2D eigenvalue weighted by atomic mass is 10.2. The van der Waals surface area contributed by atoms with Crippen LogP contribution in [-0.4, -0.2) is 49.8 Å². The molecular weight excluding hydrogens is 188 g/mol. The van der Waals surface area contributed by atoms with E-state index in [2.05, 4.69) is 31.0 Å². The van der Waals surface area contributed by atoms with Crippen molar-refractivity contribution in [2.45, 2.75) is 45.7 Å². The first-order chi connectivity index (χ1) is 7.27. The van der Waals surface area contributed by atoms with Crippen molar-refractivity contribution in [1.82, 2.24) is 10.2 Å². The minimum Gasteiger partial charge on any atom is -0.380 e. The summed E-state index contributed by atoms with van der Waals surface area (Å²) in [5.74, 6) is 0. The van der Waals surface area contributed by atoms with Gasteiger partial charge in [0.05, 0.1) is 6.61 Å². The van der Waals surface area contributed by atoms with Crippen molar-refractivity contribution in [2.75, 3.05) is 32.8 Å². The summed E-state index contributed by atoms with van der Waals surface area (Å²) in [6, 6.07) is 1.35. The van der Waals surface area contributed by atoms with Gasteiger partial charge in [0.1, 0.15) is 0 Å². The summed E-state index contributed by atoms with van der Waals surface area (Å²) in [5, 5.41) is 3.60. The molecule has 0 aliphatic carbocycles. The van der Waals surface area contributed by atoms with Crippen LogP contribution in [0.5, 0.6) is 0 Å². The minimum absolute atomic E-state index is 0.663. The molecule has 0 amide bonds. The highest BCUT2D eigenvalue weighted by molar-refractivity contribution is 4.79. The third-order valence-corrected chi connectivity index (χ3v) is 3.29. The van der Waals surface area contributed by atoms with Gasteiger partial charge in [0.25, 0.3) is 0 Å². The van der Waals surface area contributed by atoms with Crippen molar-refractivity contribution in [3.63, 3.8) is 0 Å². The summed E-state index contributed by atoms with van der Waals surface area (Å²) in [4.78, 5) is 2.56. The van der Waals surface area contributed by atoms with E-state index < -0.39 is 0 Å². The van der Waals surface area contributed by atoms with Crippen LogP contribution in [-0.2, 0) is 4.74 Å². The molecule has 1 heterocycles. The van der Waals surface area contributed by atoms with Gasteiger partial charge in [0.2, 0.25) is 0 Å². The fraction of sp³-hybridized carbons (Fsp3) is 1.00. The molecule has 3 heteroatoms. The maximum atomic E-state index is 5.43. The van der Waals surface area contributed by atoms with Gasteiger partial charge in [-0.15, -0.1) is 0 Å². The van der Waals surface area contributed by atoms with E-state index in [0.717, 1.165) is 26.3 Å². The molecule has 2 atom stereocenters. The van der Waals surface area contributed by atoms with Crippen molar-refractivity contribution >= 4 is 0 Å². The Morgan fingerprint density at radius 2 is 2.20 bits per heavy atom. The first kappa shape index (κ1) is 12.9. The van der Waals surface area contributed by atoms with Gasteiger partial charge in [-0.05, 0) is 33.2 Å². The molecule has 15 heavy (non-hydrogen) atoms. The van der Waals surface area contributed by atoms with Crippen molar-refractivity contribution in [2.24, 2.45) is 0 Å². The molecule has 0 spiro atoms. The van der Waals surface area contributed by atoms with Crippen LogP contribution in [0.15, 0.2) is 0 Å². The van der Waals surface area contributed by atoms with E-state index in [1.54, 1.807) is 0 Å². The van der Waals surface area contributed by atoms with E-state index >= 15 is 0 Å². The molecule has 2 unspecified atom stereocenters. The lowest BCUT2D eigenvalue weighted by Gasteiger charge is -2.28. The summed E-state index contributed by atoms with van der Waals surface area (Å²) in [6.07, 6.45) is 2.47. The highest BCUT2D eigenvalue weighted by atomic mass is 16.5. The number of rotatable bonds is 5. The predicted octanol–water partition coefficient (Wildman–Crippen LogP) is 1.49. The first-order valence-electron chi connectivity index (χ1n) is 6.33. The van der Waals surface area contributed by atoms with Crippen molar-refractivity contribution in [3.05, 3.63) is 0 Å². The Kier molecular flexibility index (Phi) is 6.22. The normalized spacial score (nSPS) is 29.0. The van der Waals surface area contributed by atoms with E-state index in [-0.39, 0.29) is 0 Å². The molecule has 1 aliphatic heterocycles. The molecular formula is C12H26N2O. The van der Waals surface area contributed by atoms with Crippen LogP contribution in [0.3, 0.4) is 0 Å². The Bertz CT molecular complexity index is 164. The van der Waals surface area contributed by atoms with Gasteiger partial charge in [0.15, 0.2) is 0 Å². The highest BCUT2D eigenvalue weighted by Crippen LogP contribution is 2.10. The molecule has 1 N–H and O–H groups in total. The molecule has 0 aromatic heterocycles. The van der Waals surface area contributed by atoms with Crippen LogP contribution >= 0.6 is 0 Å². The predicted molar refractivity (Wildman–Crippen MR) is 64.2 cm³/mol. The average Bonchev–Trinajstić information content (AvgIpc) is 2.42. The number of ether oxygens (including phenoxy) is 1. The number of hydrogen-bond donors (Lipinski definition) is 1. The van der Waals surface area contributed by atoms with Gasteiger partial charge in [-0.3, -0.25) is 4.90 Å². The maximum Gasteiger partial charge on any atom is 0.0593 e. The van der Waals surface area contributed by atoms with E-state index in [1.165, 1.54) is 19.4 Å². The molecule has 1 rings (SSSR count). The summed E-state index contributed by atoms with van der Waals surface area (Å²) >= 11 is 0. The highest BCUT2D eigenvalue weighted by Gasteiger charge is 2.21. The molecule has 0 saturated carbocycles. The van der Waals surface area contributed by atoms with Crippen molar-refractivity contribution in [3.8, 4) is 0 Å². The third-order valence-electron chi connectivity index (χ3n) is 3.29. The zero-order chi connectivity index (χ0) is 11.1. The number of nitrogens with one attached hydrogen (secondary N) is 1. The van der Waals surface area contributed by atoms with Gasteiger partial charge in [-0.1, -0.05) is 6.92 Å². The fourth-order valence-corrected chi connectivity index (χ4v) is 2.12. The first-order valence-corrected chi connectivity index (χ1v) is 6.33. The van der Waals surface area contributed by atoms with Crippen molar-refractivity contribution in [1.29, 1.82) is 0 Å². The maximum absolute atomic E-state index is 5.43. The molecule has 90 valence electrons. The molecule has 0 aromatic rings. The number of nitrogens with zero attached hydrogens (tertiary/aromatic N) is 1. The molecule has 1 aliphatic rings. The van der Waals surface area contributed by atoms with Gasteiger partial charge >= 0.3 is 0 Å². The smallest absolute Gasteiger partial charge is 0.0593 e. The molecule has 0 aromatic carbocycles. The zero-order valence-corrected chi connectivity index (χ0v) is 10.5. The molecule has 1 saturated heterocycles. The van der Waals surface area contributed by atoms with Crippen LogP contribution in [0.25, 0.3) is 0 Å². The van der Waals surface area contributed by atoms with Gasteiger partial charge in [-0.25, -0.2) is 0 Å². The SMILES string of the molecule is CCOCCN1CC(CC)NCCC1C. The second kappa shape index (κ2) is 7.20.